The number of hydrogen-bond donors (Lipinski definition) is 0. The molecule has 6 heteroatoms. The zero-order valence-corrected chi connectivity index (χ0v) is 41.6. The van der Waals surface area contributed by atoms with Crippen LogP contribution < -0.4 is 0 Å². The molecular weight excluding hydrogens is 781 g/mol. The molecule has 0 aliphatic carbocycles. The van der Waals surface area contributed by atoms with E-state index in [0.29, 0.717) is 19.3 Å². The smallest absolute Gasteiger partial charge is 0.306 e. The minimum absolute atomic E-state index is 0.0881. The second kappa shape index (κ2) is 51.7. The number of rotatable bonds is 48. The third kappa shape index (κ3) is 50.0. The van der Waals surface area contributed by atoms with E-state index in [1.54, 1.807) is 0 Å². The topological polar surface area (TPSA) is 78.9 Å². The monoisotopic (exact) mass is 881 g/mol. The fourth-order valence-electron chi connectivity index (χ4n) is 7.54. The van der Waals surface area contributed by atoms with Crippen molar-refractivity contribution in [3.8, 4) is 0 Å². The maximum atomic E-state index is 12.8. The Morgan fingerprint density at radius 2 is 0.619 bits per heavy atom. The molecule has 0 heterocycles. The Hall–Kier alpha value is -2.89. The second-order valence-corrected chi connectivity index (χ2v) is 17.8. The minimum atomic E-state index is -0.792. The van der Waals surface area contributed by atoms with E-state index in [4.69, 9.17) is 14.2 Å². The Morgan fingerprint density at radius 1 is 0.333 bits per heavy atom. The van der Waals surface area contributed by atoms with Crippen LogP contribution in [0.1, 0.15) is 265 Å². The molecule has 0 aliphatic heterocycles. The molecule has 6 nitrogen and oxygen atoms in total. The maximum absolute atomic E-state index is 12.8. The summed E-state index contributed by atoms with van der Waals surface area (Å²) in [5.41, 5.74) is 0. The number of carbonyl (C=O) groups is 3. The van der Waals surface area contributed by atoms with Gasteiger partial charge in [0.15, 0.2) is 6.10 Å². The number of ether oxygens (including phenoxy) is 3. The first kappa shape index (κ1) is 60.1. The lowest BCUT2D eigenvalue weighted by molar-refractivity contribution is -0.167. The summed E-state index contributed by atoms with van der Waals surface area (Å²) >= 11 is 0. The first-order valence-electron chi connectivity index (χ1n) is 26.8. The second-order valence-electron chi connectivity index (χ2n) is 17.8. The predicted molar refractivity (Wildman–Crippen MR) is 270 cm³/mol. The summed E-state index contributed by atoms with van der Waals surface area (Å²) in [6.45, 7) is 6.50. The van der Waals surface area contributed by atoms with E-state index in [9.17, 15) is 14.4 Å². The van der Waals surface area contributed by atoms with Gasteiger partial charge in [-0.1, -0.05) is 248 Å². The Bertz CT molecular complexity index is 1150. The molecule has 0 N–H and O–H groups in total. The maximum Gasteiger partial charge on any atom is 0.306 e. The molecule has 1 atom stereocenters. The quantitative estimate of drug-likeness (QED) is 0.0262. The van der Waals surface area contributed by atoms with Crippen molar-refractivity contribution in [3.63, 3.8) is 0 Å². The summed E-state index contributed by atoms with van der Waals surface area (Å²) in [5.74, 6) is -0.939. The van der Waals surface area contributed by atoms with E-state index in [-0.39, 0.29) is 37.5 Å². The average molecular weight is 881 g/mol. The summed E-state index contributed by atoms with van der Waals surface area (Å²) in [6.07, 6.45) is 63.5. The summed E-state index contributed by atoms with van der Waals surface area (Å²) in [6, 6.07) is 0. The van der Waals surface area contributed by atoms with Crippen LogP contribution >= 0.6 is 0 Å². The van der Waals surface area contributed by atoms with Crippen LogP contribution in [0.5, 0.6) is 0 Å². The molecule has 0 bridgehead atoms. The fraction of sp³-hybridized carbons (Fsp3) is 0.772. The van der Waals surface area contributed by atoms with Crippen molar-refractivity contribution in [2.45, 2.75) is 271 Å². The SMILES string of the molecule is CC/C=C\C/C=C\C/C=C\C/C=C\C/C=C\CCCC(=O)OC[C@H](COC(=O)CCCCCCCCCCCCCCC)OC(=O)CCCCCCCCCCCCCCCCC. The molecule has 63 heavy (non-hydrogen) atoms. The highest BCUT2D eigenvalue weighted by molar-refractivity contribution is 5.71. The Kier molecular flexibility index (Phi) is 49.4. The summed E-state index contributed by atoms with van der Waals surface area (Å²) < 4.78 is 16.8. The zero-order chi connectivity index (χ0) is 45.8. The predicted octanol–water partition coefficient (Wildman–Crippen LogP) is 17.6. The molecular formula is C57H100O6. The van der Waals surface area contributed by atoms with Gasteiger partial charge >= 0.3 is 17.9 Å². The highest BCUT2D eigenvalue weighted by Crippen LogP contribution is 2.16. The number of carbonyl (C=O) groups excluding carboxylic acids is 3. The molecule has 0 aromatic heterocycles. The van der Waals surface area contributed by atoms with Gasteiger partial charge in [0, 0.05) is 19.3 Å². The van der Waals surface area contributed by atoms with Crippen LogP contribution in [0.2, 0.25) is 0 Å². The number of unbranched alkanes of at least 4 members (excludes halogenated alkanes) is 27. The van der Waals surface area contributed by atoms with Crippen LogP contribution in [0.4, 0.5) is 0 Å². The van der Waals surface area contributed by atoms with Gasteiger partial charge in [0.25, 0.3) is 0 Å². The highest BCUT2D eigenvalue weighted by atomic mass is 16.6. The number of allylic oxidation sites excluding steroid dienone is 10. The summed E-state index contributed by atoms with van der Waals surface area (Å²) in [4.78, 5) is 38.0. The summed E-state index contributed by atoms with van der Waals surface area (Å²) in [7, 11) is 0. The van der Waals surface area contributed by atoms with Crippen LogP contribution in [-0.2, 0) is 28.6 Å². The van der Waals surface area contributed by atoms with E-state index < -0.39 is 6.10 Å². The van der Waals surface area contributed by atoms with Gasteiger partial charge < -0.3 is 14.2 Å². The third-order valence-electron chi connectivity index (χ3n) is 11.5. The van der Waals surface area contributed by atoms with Crippen molar-refractivity contribution in [1.82, 2.24) is 0 Å². The van der Waals surface area contributed by atoms with Crippen molar-refractivity contribution < 1.29 is 28.6 Å². The van der Waals surface area contributed by atoms with Crippen molar-refractivity contribution in [2.75, 3.05) is 13.2 Å². The van der Waals surface area contributed by atoms with Crippen LogP contribution in [-0.4, -0.2) is 37.2 Å². The largest absolute Gasteiger partial charge is 0.462 e. The molecule has 0 spiro atoms. The lowest BCUT2D eigenvalue weighted by Crippen LogP contribution is -2.30. The average Bonchev–Trinajstić information content (AvgIpc) is 3.28. The van der Waals surface area contributed by atoms with Gasteiger partial charge in [0.1, 0.15) is 13.2 Å². The van der Waals surface area contributed by atoms with Gasteiger partial charge in [-0.3, -0.25) is 14.4 Å². The van der Waals surface area contributed by atoms with Crippen LogP contribution in [0.3, 0.4) is 0 Å². The molecule has 364 valence electrons. The van der Waals surface area contributed by atoms with Gasteiger partial charge in [-0.25, -0.2) is 0 Å². The molecule has 0 radical (unpaired) electrons. The van der Waals surface area contributed by atoms with E-state index in [2.05, 4.69) is 81.5 Å². The minimum Gasteiger partial charge on any atom is -0.462 e. The standard InChI is InChI=1S/C57H100O6/c1-4-7-10-13-16-19-22-25-27-28-30-32-35-38-41-44-47-50-56(59)62-53-54(52-61-55(58)49-46-43-40-37-34-31-24-21-18-15-12-9-6-3)63-57(60)51-48-45-42-39-36-33-29-26-23-20-17-14-11-8-5-2/h7,10,16,19,25,27,30,32,38,41,54H,4-6,8-9,11-15,17-18,20-24,26,28-29,31,33-37,39-40,42-53H2,1-3H3/b10-7-,19-16-,27-25-,32-30-,41-38-/t54-/m0/s1. The van der Waals surface area contributed by atoms with Gasteiger partial charge in [0.05, 0.1) is 0 Å². The molecule has 0 aliphatic rings. The molecule has 0 aromatic rings. The van der Waals surface area contributed by atoms with E-state index in [1.807, 2.05) is 0 Å². The first-order valence-corrected chi connectivity index (χ1v) is 26.8. The lowest BCUT2D eigenvalue weighted by atomic mass is 10.0. The molecule has 0 fully saturated rings. The van der Waals surface area contributed by atoms with Gasteiger partial charge in [-0.2, -0.15) is 0 Å². The lowest BCUT2D eigenvalue weighted by Gasteiger charge is -2.18. The Labute approximate surface area is 390 Å². The van der Waals surface area contributed by atoms with Crippen LogP contribution in [0, 0.1) is 0 Å². The van der Waals surface area contributed by atoms with Crippen molar-refractivity contribution >= 4 is 17.9 Å². The van der Waals surface area contributed by atoms with Crippen LogP contribution in [0.15, 0.2) is 60.8 Å². The molecule has 0 aromatic carbocycles. The molecule has 0 amide bonds. The van der Waals surface area contributed by atoms with Gasteiger partial charge in [-0.15, -0.1) is 0 Å². The summed E-state index contributed by atoms with van der Waals surface area (Å²) in [5, 5.41) is 0. The number of esters is 3. The normalized spacial score (nSPS) is 12.5. The van der Waals surface area contributed by atoms with E-state index in [1.165, 1.54) is 141 Å². The molecule has 0 rings (SSSR count). The fourth-order valence-corrected chi connectivity index (χ4v) is 7.54. The van der Waals surface area contributed by atoms with Gasteiger partial charge in [-0.05, 0) is 57.8 Å². The van der Waals surface area contributed by atoms with E-state index >= 15 is 0 Å². The molecule has 0 saturated heterocycles. The Morgan fingerprint density at radius 3 is 0.968 bits per heavy atom. The number of hydrogen-bond acceptors (Lipinski definition) is 6. The highest BCUT2D eigenvalue weighted by Gasteiger charge is 2.19. The van der Waals surface area contributed by atoms with Crippen molar-refractivity contribution in [3.05, 3.63) is 60.8 Å². The van der Waals surface area contributed by atoms with Crippen molar-refractivity contribution in [1.29, 1.82) is 0 Å². The van der Waals surface area contributed by atoms with Crippen LogP contribution in [0.25, 0.3) is 0 Å². The van der Waals surface area contributed by atoms with E-state index in [0.717, 1.165) is 77.0 Å². The van der Waals surface area contributed by atoms with Gasteiger partial charge in [0.2, 0.25) is 0 Å². The third-order valence-corrected chi connectivity index (χ3v) is 11.5. The zero-order valence-electron chi connectivity index (χ0n) is 41.6. The van der Waals surface area contributed by atoms with Crippen molar-refractivity contribution in [2.24, 2.45) is 0 Å². The molecule has 0 saturated carbocycles. The molecule has 0 unspecified atom stereocenters. The first-order chi connectivity index (χ1) is 31.0. The Balaban J connectivity index is 4.44.